The van der Waals surface area contributed by atoms with E-state index in [1.165, 1.54) is 32.1 Å². The van der Waals surface area contributed by atoms with E-state index in [-0.39, 0.29) is 11.9 Å². The first-order chi connectivity index (χ1) is 15.6. The van der Waals surface area contributed by atoms with Gasteiger partial charge in [0, 0.05) is 32.5 Å². The minimum Gasteiger partial charge on any atom is -0.490 e. The first-order valence-corrected chi connectivity index (χ1v) is 12.0. The van der Waals surface area contributed by atoms with E-state index in [2.05, 4.69) is 25.4 Å². The van der Waals surface area contributed by atoms with Crippen LogP contribution in [-0.2, 0) is 19.4 Å². The van der Waals surface area contributed by atoms with E-state index in [9.17, 15) is 4.39 Å². The number of aliphatic imine (C=N–C) groups is 1. The Kier molecular flexibility index (Phi) is 7.60. The van der Waals surface area contributed by atoms with Crippen molar-refractivity contribution < 1.29 is 9.13 Å². The number of guanidine groups is 1. The second kappa shape index (κ2) is 10.8. The standard InChI is InChI=1S/C24H35FN6O/c1-3-26-24(27-13-12-23-30-29-22-7-5-4-6-14-31(22)23)28-17(2)19-10-11-21(20(25)15-19)32-16-18-8-9-18/h10-11,15,17-18H,3-9,12-14,16H2,1-2H3,(H2,26,27,28). The van der Waals surface area contributed by atoms with Gasteiger partial charge in [0.05, 0.1) is 12.6 Å². The molecule has 0 amide bonds. The predicted octanol–water partition coefficient (Wildman–Crippen LogP) is 3.79. The van der Waals surface area contributed by atoms with Crippen LogP contribution < -0.4 is 15.4 Å². The molecule has 2 aromatic rings. The zero-order valence-electron chi connectivity index (χ0n) is 19.2. The summed E-state index contributed by atoms with van der Waals surface area (Å²) in [5, 5.41) is 15.4. The average molecular weight is 443 g/mol. The van der Waals surface area contributed by atoms with Crippen LogP contribution in [-0.4, -0.2) is 40.4 Å². The maximum atomic E-state index is 14.5. The number of fused-ring (bicyclic) bond motifs is 1. The van der Waals surface area contributed by atoms with Gasteiger partial charge in [-0.2, -0.15) is 0 Å². The SMILES string of the molecule is CCNC(=NCCc1nnc2n1CCCCC2)NC(C)c1ccc(OCC2CC2)c(F)c1. The van der Waals surface area contributed by atoms with Crippen molar-refractivity contribution in [2.75, 3.05) is 19.7 Å². The second-order valence-electron chi connectivity index (χ2n) is 8.82. The second-order valence-corrected chi connectivity index (χ2v) is 8.82. The minimum absolute atomic E-state index is 0.0934. The molecule has 1 saturated carbocycles. The molecule has 0 radical (unpaired) electrons. The van der Waals surface area contributed by atoms with Gasteiger partial charge >= 0.3 is 0 Å². The zero-order chi connectivity index (χ0) is 22.3. The Labute approximate surface area is 189 Å². The molecule has 1 aromatic heterocycles. The van der Waals surface area contributed by atoms with Crippen LogP contribution in [0.4, 0.5) is 4.39 Å². The summed E-state index contributed by atoms with van der Waals surface area (Å²) in [5.41, 5.74) is 0.856. The predicted molar refractivity (Wildman–Crippen MR) is 123 cm³/mol. The summed E-state index contributed by atoms with van der Waals surface area (Å²) in [6, 6.07) is 5.10. The zero-order valence-corrected chi connectivity index (χ0v) is 19.2. The number of aryl methyl sites for hydroxylation is 1. The van der Waals surface area contributed by atoms with Crippen molar-refractivity contribution in [1.82, 2.24) is 25.4 Å². The number of aromatic nitrogens is 3. The molecule has 8 heteroatoms. The molecule has 2 aliphatic rings. The average Bonchev–Trinajstić information content (AvgIpc) is 3.58. The molecule has 1 aliphatic carbocycles. The van der Waals surface area contributed by atoms with E-state index in [1.54, 1.807) is 12.1 Å². The van der Waals surface area contributed by atoms with Gasteiger partial charge in [0.1, 0.15) is 11.6 Å². The Morgan fingerprint density at radius 1 is 1.28 bits per heavy atom. The van der Waals surface area contributed by atoms with Crippen LogP contribution in [0.3, 0.4) is 0 Å². The lowest BCUT2D eigenvalue weighted by Crippen LogP contribution is -2.39. The fraction of sp³-hybridized carbons (Fsp3) is 0.625. The molecule has 1 fully saturated rings. The van der Waals surface area contributed by atoms with Crippen molar-refractivity contribution >= 4 is 5.96 Å². The Morgan fingerprint density at radius 3 is 2.94 bits per heavy atom. The van der Waals surface area contributed by atoms with Gasteiger partial charge in [-0.05, 0) is 63.1 Å². The molecular weight excluding hydrogens is 407 g/mol. The van der Waals surface area contributed by atoms with Gasteiger partial charge in [0.2, 0.25) is 0 Å². The van der Waals surface area contributed by atoms with Crippen LogP contribution in [0.15, 0.2) is 23.2 Å². The Morgan fingerprint density at radius 2 is 2.16 bits per heavy atom. The molecule has 1 atom stereocenters. The van der Waals surface area contributed by atoms with E-state index in [0.29, 0.717) is 30.8 Å². The molecule has 1 aliphatic heterocycles. The fourth-order valence-corrected chi connectivity index (χ4v) is 4.00. The van der Waals surface area contributed by atoms with Crippen LogP contribution in [0.5, 0.6) is 5.75 Å². The number of hydrogen-bond acceptors (Lipinski definition) is 4. The summed E-state index contributed by atoms with van der Waals surface area (Å²) in [6.45, 7) is 7.01. The van der Waals surface area contributed by atoms with Crippen molar-refractivity contribution in [1.29, 1.82) is 0 Å². The first kappa shape index (κ1) is 22.6. The molecule has 1 aromatic carbocycles. The number of halogens is 1. The van der Waals surface area contributed by atoms with Crippen molar-refractivity contribution in [2.45, 2.75) is 71.4 Å². The minimum atomic E-state index is -0.314. The van der Waals surface area contributed by atoms with Crippen LogP contribution in [0.2, 0.25) is 0 Å². The highest BCUT2D eigenvalue weighted by molar-refractivity contribution is 5.80. The molecule has 32 heavy (non-hydrogen) atoms. The summed E-state index contributed by atoms with van der Waals surface area (Å²) in [4.78, 5) is 4.72. The number of benzene rings is 1. The third kappa shape index (κ3) is 5.99. The normalized spacial score (nSPS) is 17.4. The van der Waals surface area contributed by atoms with Crippen molar-refractivity contribution in [3.63, 3.8) is 0 Å². The van der Waals surface area contributed by atoms with Gasteiger partial charge < -0.3 is 19.9 Å². The van der Waals surface area contributed by atoms with E-state index in [0.717, 1.165) is 43.1 Å². The molecule has 0 bridgehead atoms. The maximum absolute atomic E-state index is 14.5. The van der Waals surface area contributed by atoms with Gasteiger partial charge in [0.15, 0.2) is 17.5 Å². The third-order valence-corrected chi connectivity index (χ3v) is 6.12. The molecule has 7 nitrogen and oxygen atoms in total. The Hall–Kier alpha value is -2.64. The van der Waals surface area contributed by atoms with Crippen LogP contribution >= 0.6 is 0 Å². The smallest absolute Gasteiger partial charge is 0.191 e. The highest BCUT2D eigenvalue weighted by Gasteiger charge is 2.22. The lowest BCUT2D eigenvalue weighted by atomic mass is 10.1. The van der Waals surface area contributed by atoms with E-state index in [4.69, 9.17) is 9.73 Å². The molecule has 2 heterocycles. The van der Waals surface area contributed by atoms with Crippen molar-refractivity contribution in [2.24, 2.45) is 10.9 Å². The van der Waals surface area contributed by atoms with Crippen molar-refractivity contribution in [3.05, 3.63) is 41.2 Å². The fourth-order valence-electron chi connectivity index (χ4n) is 4.00. The van der Waals surface area contributed by atoms with Crippen molar-refractivity contribution in [3.8, 4) is 5.75 Å². The van der Waals surface area contributed by atoms with Crippen LogP contribution in [0.25, 0.3) is 0 Å². The maximum Gasteiger partial charge on any atom is 0.191 e. The lowest BCUT2D eigenvalue weighted by Gasteiger charge is -2.19. The largest absolute Gasteiger partial charge is 0.490 e. The monoisotopic (exact) mass is 442 g/mol. The molecule has 2 N–H and O–H groups in total. The van der Waals surface area contributed by atoms with Crippen LogP contribution in [0.1, 0.15) is 69.2 Å². The molecule has 0 spiro atoms. The molecule has 1 unspecified atom stereocenters. The van der Waals surface area contributed by atoms with E-state index >= 15 is 0 Å². The third-order valence-electron chi connectivity index (χ3n) is 6.12. The van der Waals surface area contributed by atoms with Gasteiger partial charge in [-0.15, -0.1) is 10.2 Å². The lowest BCUT2D eigenvalue weighted by molar-refractivity contribution is 0.285. The van der Waals surface area contributed by atoms with Gasteiger partial charge in [0.25, 0.3) is 0 Å². The number of ether oxygens (including phenoxy) is 1. The molecule has 174 valence electrons. The Balaban J connectivity index is 1.34. The number of nitrogens with one attached hydrogen (secondary N) is 2. The van der Waals surface area contributed by atoms with E-state index in [1.807, 2.05) is 19.9 Å². The molecule has 0 saturated heterocycles. The summed E-state index contributed by atoms with van der Waals surface area (Å²) in [5.74, 6) is 3.45. The first-order valence-electron chi connectivity index (χ1n) is 12.0. The van der Waals surface area contributed by atoms with Crippen LogP contribution in [0, 0.1) is 11.7 Å². The van der Waals surface area contributed by atoms with Gasteiger partial charge in [-0.3, -0.25) is 4.99 Å². The topological polar surface area (TPSA) is 76.4 Å². The van der Waals surface area contributed by atoms with Gasteiger partial charge in [-0.25, -0.2) is 4.39 Å². The quantitative estimate of drug-likeness (QED) is 0.456. The Bertz CT molecular complexity index is 923. The summed E-state index contributed by atoms with van der Waals surface area (Å²) >= 11 is 0. The number of hydrogen-bond donors (Lipinski definition) is 2. The molecular formula is C24H35FN6O. The summed E-state index contributed by atoms with van der Waals surface area (Å²) < 4.78 is 22.4. The molecule has 4 rings (SSSR count). The highest BCUT2D eigenvalue weighted by Crippen LogP contribution is 2.30. The number of nitrogens with zero attached hydrogens (tertiary/aromatic N) is 4. The number of rotatable bonds is 9. The van der Waals surface area contributed by atoms with E-state index < -0.39 is 0 Å². The van der Waals surface area contributed by atoms with Gasteiger partial charge in [-0.1, -0.05) is 12.5 Å². The highest BCUT2D eigenvalue weighted by atomic mass is 19.1. The summed E-state index contributed by atoms with van der Waals surface area (Å²) in [7, 11) is 0. The summed E-state index contributed by atoms with van der Waals surface area (Å²) in [6.07, 6.45) is 7.76.